The fourth-order valence-electron chi connectivity index (χ4n) is 3.48. The highest BCUT2D eigenvalue weighted by Crippen LogP contribution is 2.44. The van der Waals surface area contributed by atoms with Crippen molar-refractivity contribution in [2.24, 2.45) is 5.92 Å². The van der Waals surface area contributed by atoms with Crippen molar-refractivity contribution in [1.29, 1.82) is 0 Å². The van der Waals surface area contributed by atoms with Gasteiger partial charge in [0.15, 0.2) is 0 Å². The maximum atomic E-state index is 2.43. The Hall–Kier alpha value is -1.30. The van der Waals surface area contributed by atoms with E-state index in [1.54, 1.807) is 0 Å². The van der Waals surface area contributed by atoms with Crippen molar-refractivity contribution >= 4 is 5.57 Å². The Kier molecular flexibility index (Phi) is 4.43. The van der Waals surface area contributed by atoms with Gasteiger partial charge in [-0.05, 0) is 65.0 Å². The van der Waals surface area contributed by atoms with Crippen LogP contribution in [0.4, 0.5) is 0 Å². The summed E-state index contributed by atoms with van der Waals surface area (Å²) in [4.78, 5) is 0. The zero-order valence-corrected chi connectivity index (χ0v) is 16.8. The molecule has 0 heteroatoms. The maximum Gasteiger partial charge on any atom is 0.00315 e. The van der Waals surface area contributed by atoms with Crippen molar-refractivity contribution in [1.82, 2.24) is 0 Å². The zero-order chi connectivity index (χ0) is 17.7. The molecule has 23 heavy (non-hydrogen) atoms. The summed E-state index contributed by atoms with van der Waals surface area (Å²) in [6.45, 7) is 23.1. The van der Waals surface area contributed by atoms with Crippen molar-refractivity contribution in [3.8, 4) is 0 Å². The summed E-state index contributed by atoms with van der Waals surface area (Å²) in [6, 6.07) is 7.26. The lowest BCUT2D eigenvalue weighted by Crippen LogP contribution is -2.17. The molecule has 1 aromatic carbocycles. The first-order valence-electron chi connectivity index (χ1n) is 8.89. The predicted molar refractivity (Wildman–Crippen MR) is 104 cm³/mol. The molecule has 1 aromatic rings. The molecule has 1 aliphatic rings. The molecule has 1 unspecified atom stereocenters. The standard InChI is InChI=1S/C23H34/c1-14-15(2)17(4)21(16(14)3)18-11-19(22(5,6)7)13-20(12-18)23(8,9)10/h11-13,16H,1-10H3. The second-order valence-electron chi connectivity index (χ2n) is 9.37. The number of allylic oxidation sites excluding steroid dienone is 4. The maximum absolute atomic E-state index is 2.43. The lowest BCUT2D eigenvalue weighted by Gasteiger charge is -2.27. The Bertz CT molecular complexity index is 649. The van der Waals surface area contributed by atoms with Crippen LogP contribution in [-0.2, 0) is 10.8 Å². The quantitative estimate of drug-likeness (QED) is 0.521. The molecule has 0 bridgehead atoms. The van der Waals surface area contributed by atoms with Gasteiger partial charge < -0.3 is 0 Å². The van der Waals surface area contributed by atoms with Crippen molar-refractivity contribution in [2.75, 3.05) is 0 Å². The van der Waals surface area contributed by atoms with Crippen LogP contribution in [0.15, 0.2) is 34.9 Å². The Balaban J connectivity index is 2.70. The van der Waals surface area contributed by atoms with E-state index in [0.29, 0.717) is 5.92 Å². The molecule has 0 aromatic heterocycles. The summed E-state index contributed by atoms with van der Waals surface area (Å²) >= 11 is 0. The molecule has 126 valence electrons. The van der Waals surface area contributed by atoms with Gasteiger partial charge in [0, 0.05) is 5.92 Å². The van der Waals surface area contributed by atoms with Crippen LogP contribution >= 0.6 is 0 Å². The Morgan fingerprint density at radius 2 is 1.13 bits per heavy atom. The summed E-state index contributed by atoms with van der Waals surface area (Å²) in [5.74, 6) is 0.526. The van der Waals surface area contributed by atoms with Crippen LogP contribution in [0.25, 0.3) is 5.57 Å². The van der Waals surface area contributed by atoms with Gasteiger partial charge in [-0.2, -0.15) is 0 Å². The molecule has 0 N–H and O–H groups in total. The average molecular weight is 311 g/mol. The molecule has 1 atom stereocenters. The third-order valence-corrected chi connectivity index (χ3v) is 5.62. The van der Waals surface area contributed by atoms with Crippen LogP contribution in [0, 0.1) is 5.92 Å². The van der Waals surface area contributed by atoms with Crippen molar-refractivity contribution in [3.63, 3.8) is 0 Å². The van der Waals surface area contributed by atoms with Crippen LogP contribution in [0.5, 0.6) is 0 Å². The number of rotatable bonds is 1. The van der Waals surface area contributed by atoms with Gasteiger partial charge in [0.1, 0.15) is 0 Å². The molecule has 0 nitrogen and oxygen atoms in total. The van der Waals surface area contributed by atoms with Crippen LogP contribution in [0.2, 0.25) is 0 Å². The van der Waals surface area contributed by atoms with Gasteiger partial charge >= 0.3 is 0 Å². The molecule has 1 aliphatic carbocycles. The largest absolute Gasteiger partial charge is 0.0629 e. The van der Waals surface area contributed by atoms with Gasteiger partial charge in [-0.25, -0.2) is 0 Å². The minimum atomic E-state index is 0.170. The van der Waals surface area contributed by atoms with E-state index < -0.39 is 0 Å². The van der Waals surface area contributed by atoms with Gasteiger partial charge in [-0.3, -0.25) is 0 Å². The Morgan fingerprint density at radius 3 is 1.43 bits per heavy atom. The smallest absolute Gasteiger partial charge is 0.00315 e. The molecule has 0 saturated carbocycles. The van der Waals surface area contributed by atoms with Crippen LogP contribution in [0.1, 0.15) is 85.9 Å². The molecule has 2 rings (SSSR count). The second kappa shape index (κ2) is 5.65. The summed E-state index contributed by atoms with van der Waals surface area (Å²) in [5, 5.41) is 0. The van der Waals surface area contributed by atoms with Gasteiger partial charge in [-0.1, -0.05) is 72.2 Å². The highest BCUT2D eigenvalue weighted by molar-refractivity contribution is 5.80. The van der Waals surface area contributed by atoms with E-state index in [2.05, 4.69) is 87.4 Å². The van der Waals surface area contributed by atoms with E-state index in [1.807, 2.05) is 0 Å². The topological polar surface area (TPSA) is 0 Å². The molecule has 0 amide bonds. The molecule has 0 heterocycles. The number of hydrogen-bond acceptors (Lipinski definition) is 0. The summed E-state index contributed by atoms with van der Waals surface area (Å²) in [7, 11) is 0. The van der Waals surface area contributed by atoms with Crippen molar-refractivity contribution in [3.05, 3.63) is 51.6 Å². The molecule has 0 spiro atoms. The molecule has 0 aliphatic heterocycles. The molecule has 0 radical (unpaired) electrons. The highest BCUT2D eigenvalue weighted by atomic mass is 14.3. The lowest BCUT2D eigenvalue weighted by atomic mass is 9.77. The molecule has 0 saturated heterocycles. The Morgan fingerprint density at radius 1 is 0.696 bits per heavy atom. The minimum absolute atomic E-state index is 0.170. The fraction of sp³-hybridized carbons (Fsp3) is 0.565. The first-order chi connectivity index (χ1) is 10.3. The molecular weight excluding hydrogens is 276 g/mol. The monoisotopic (exact) mass is 310 g/mol. The van der Waals surface area contributed by atoms with Gasteiger partial charge in [0.05, 0.1) is 0 Å². The highest BCUT2D eigenvalue weighted by Gasteiger charge is 2.27. The Labute approximate surface area is 143 Å². The van der Waals surface area contributed by atoms with E-state index in [9.17, 15) is 0 Å². The summed E-state index contributed by atoms with van der Waals surface area (Å²) < 4.78 is 0. The van der Waals surface area contributed by atoms with Crippen molar-refractivity contribution < 1.29 is 0 Å². The minimum Gasteiger partial charge on any atom is -0.0629 e. The average Bonchev–Trinajstić information content (AvgIpc) is 2.60. The van der Waals surface area contributed by atoms with E-state index in [1.165, 1.54) is 39.0 Å². The number of hydrogen-bond donors (Lipinski definition) is 0. The fourth-order valence-corrected chi connectivity index (χ4v) is 3.48. The van der Waals surface area contributed by atoms with E-state index in [-0.39, 0.29) is 10.8 Å². The third-order valence-electron chi connectivity index (χ3n) is 5.62. The van der Waals surface area contributed by atoms with Crippen LogP contribution in [0.3, 0.4) is 0 Å². The van der Waals surface area contributed by atoms with Crippen LogP contribution in [-0.4, -0.2) is 0 Å². The van der Waals surface area contributed by atoms with E-state index in [4.69, 9.17) is 0 Å². The number of benzene rings is 1. The third kappa shape index (κ3) is 3.32. The van der Waals surface area contributed by atoms with Crippen molar-refractivity contribution in [2.45, 2.75) is 80.1 Å². The first-order valence-corrected chi connectivity index (χ1v) is 8.89. The van der Waals surface area contributed by atoms with Crippen LogP contribution < -0.4 is 0 Å². The van der Waals surface area contributed by atoms with E-state index >= 15 is 0 Å². The molecule has 0 fully saturated rings. The first kappa shape index (κ1) is 18.0. The van der Waals surface area contributed by atoms with Gasteiger partial charge in [0.25, 0.3) is 0 Å². The van der Waals surface area contributed by atoms with E-state index in [0.717, 1.165) is 0 Å². The second-order valence-corrected chi connectivity index (χ2v) is 9.37. The zero-order valence-electron chi connectivity index (χ0n) is 16.8. The van der Waals surface area contributed by atoms with Gasteiger partial charge in [-0.15, -0.1) is 0 Å². The summed E-state index contributed by atoms with van der Waals surface area (Å²) in [6.07, 6.45) is 0. The van der Waals surface area contributed by atoms with Gasteiger partial charge in [0.2, 0.25) is 0 Å². The predicted octanol–water partition coefficient (Wildman–Crippen LogP) is 7.04. The lowest BCUT2D eigenvalue weighted by molar-refractivity contribution is 0.568. The SMILES string of the molecule is CC1=C(C)C(C)C(c2cc(C(C)(C)C)cc(C(C)(C)C)c2)=C1C. The normalized spacial score (nSPS) is 19.8. The summed E-state index contributed by atoms with van der Waals surface area (Å²) in [5.41, 5.74) is 10.6. The molecular formula is C23H34.